The van der Waals surface area contributed by atoms with E-state index in [1.165, 1.54) is 98.8 Å². The van der Waals surface area contributed by atoms with E-state index in [0.717, 1.165) is 24.2 Å². The summed E-state index contributed by atoms with van der Waals surface area (Å²) in [5, 5.41) is 10.3. The molecule has 0 saturated heterocycles. The second kappa shape index (κ2) is 13.1. The monoisotopic (exact) mass is 713 g/mol. The molecule has 56 heavy (non-hydrogen) atoms. The van der Waals surface area contributed by atoms with Gasteiger partial charge in [0.05, 0.1) is 5.69 Å². The minimum atomic E-state index is 1.11. The molecule has 0 amide bonds. The summed E-state index contributed by atoms with van der Waals surface area (Å²) in [6, 6.07) is 72.1. The van der Waals surface area contributed by atoms with Gasteiger partial charge in [-0.2, -0.15) is 0 Å². The SMILES string of the molecule is Cc1ccc(N(c2ccc3c(c2)c2ccccc2c2c(-c4ccccc4)cc(-c4ccccc4)c(-c4ccccc4)c32)c2ccc3c4c(cccc24)CC3)cc1. The van der Waals surface area contributed by atoms with Crippen molar-refractivity contribution in [3.05, 3.63) is 211 Å². The minimum Gasteiger partial charge on any atom is -0.310 e. The van der Waals surface area contributed by atoms with Gasteiger partial charge in [-0.3, -0.25) is 0 Å². The van der Waals surface area contributed by atoms with Gasteiger partial charge in [-0.05, 0) is 138 Å². The Labute approximate surface area is 327 Å². The third kappa shape index (κ3) is 5.16. The van der Waals surface area contributed by atoms with Gasteiger partial charge in [0.2, 0.25) is 0 Å². The fraction of sp³-hybridized carbons (Fsp3) is 0.0545. The van der Waals surface area contributed by atoms with Gasteiger partial charge in [0.15, 0.2) is 0 Å². The maximum absolute atomic E-state index is 2.48. The van der Waals surface area contributed by atoms with Gasteiger partial charge < -0.3 is 4.90 Å². The zero-order valence-electron chi connectivity index (χ0n) is 31.3. The van der Waals surface area contributed by atoms with E-state index in [2.05, 4.69) is 206 Å². The summed E-state index contributed by atoms with van der Waals surface area (Å²) < 4.78 is 0. The maximum atomic E-state index is 2.48. The molecule has 0 radical (unpaired) electrons. The molecule has 10 aromatic carbocycles. The third-order valence-electron chi connectivity index (χ3n) is 12.0. The fourth-order valence-electron chi connectivity index (χ4n) is 9.42. The highest BCUT2D eigenvalue weighted by molar-refractivity contribution is 6.33. The van der Waals surface area contributed by atoms with Crippen LogP contribution >= 0.6 is 0 Å². The van der Waals surface area contributed by atoms with Crippen molar-refractivity contribution in [2.45, 2.75) is 19.8 Å². The van der Waals surface area contributed by atoms with Gasteiger partial charge in [0.1, 0.15) is 0 Å². The van der Waals surface area contributed by atoms with Crippen molar-refractivity contribution in [2.24, 2.45) is 0 Å². The van der Waals surface area contributed by atoms with Gasteiger partial charge in [0.25, 0.3) is 0 Å². The molecule has 0 unspecified atom stereocenters. The molecule has 0 saturated carbocycles. The molecule has 264 valence electrons. The van der Waals surface area contributed by atoms with E-state index < -0.39 is 0 Å². The van der Waals surface area contributed by atoms with Crippen LogP contribution in [0.5, 0.6) is 0 Å². The Morgan fingerprint density at radius 3 is 1.64 bits per heavy atom. The second-order valence-electron chi connectivity index (χ2n) is 15.2. The van der Waals surface area contributed by atoms with Crippen molar-refractivity contribution < 1.29 is 0 Å². The molecule has 1 nitrogen and oxygen atoms in total. The molecule has 11 rings (SSSR count). The van der Waals surface area contributed by atoms with Crippen molar-refractivity contribution >= 4 is 60.2 Å². The lowest BCUT2D eigenvalue weighted by atomic mass is 9.81. The largest absolute Gasteiger partial charge is 0.310 e. The van der Waals surface area contributed by atoms with Crippen molar-refractivity contribution in [3.63, 3.8) is 0 Å². The van der Waals surface area contributed by atoms with Crippen LogP contribution in [0.15, 0.2) is 194 Å². The molecule has 0 bridgehead atoms. The molecule has 0 heterocycles. The van der Waals surface area contributed by atoms with Crippen molar-refractivity contribution in [1.82, 2.24) is 0 Å². The lowest BCUT2D eigenvalue weighted by Gasteiger charge is -2.28. The zero-order valence-corrected chi connectivity index (χ0v) is 31.3. The summed E-state index contributed by atoms with van der Waals surface area (Å²) in [4.78, 5) is 2.48. The molecule has 0 N–H and O–H groups in total. The van der Waals surface area contributed by atoms with Gasteiger partial charge >= 0.3 is 0 Å². The molecule has 1 aliphatic carbocycles. The number of rotatable bonds is 6. The lowest BCUT2D eigenvalue weighted by molar-refractivity contribution is 1.02. The van der Waals surface area contributed by atoms with E-state index in [4.69, 9.17) is 0 Å². The first-order valence-corrected chi connectivity index (χ1v) is 19.7. The van der Waals surface area contributed by atoms with Gasteiger partial charge in [-0.1, -0.05) is 163 Å². The topological polar surface area (TPSA) is 3.24 Å². The van der Waals surface area contributed by atoms with Gasteiger partial charge in [-0.15, -0.1) is 0 Å². The molecule has 0 atom stereocenters. The highest BCUT2D eigenvalue weighted by atomic mass is 15.1. The summed E-state index contributed by atoms with van der Waals surface area (Å²) in [6.45, 7) is 2.16. The second-order valence-corrected chi connectivity index (χ2v) is 15.2. The van der Waals surface area contributed by atoms with Gasteiger partial charge in [0, 0.05) is 16.8 Å². The standard InChI is InChI=1S/C55H39N/c1-36-24-29-42(30-25-36)56(51-33-28-41-27-26-40-20-13-23-47(51)52(40)41)43-31-32-46-50(34-43)44-21-11-12-22-45(44)54-49(38-16-7-3-8-17-38)35-48(37-14-5-2-6-15-37)53(55(46)54)39-18-9-4-10-19-39/h2-25,28-35H,26-27H2,1H3. The first kappa shape index (κ1) is 32.5. The zero-order chi connectivity index (χ0) is 37.2. The molecule has 1 aliphatic rings. The molecule has 0 spiro atoms. The lowest BCUT2D eigenvalue weighted by Crippen LogP contribution is -2.11. The average Bonchev–Trinajstić information content (AvgIpc) is 3.70. The van der Waals surface area contributed by atoms with Crippen LogP contribution in [0.25, 0.3) is 76.5 Å². The summed E-state index contributed by atoms with van der Waals surface area (Å²) >= 11 is 0. The Kier molecular flexibility index (Phi) is 7.60. The quantitative estimate of drug-likeness (QED) is 0.155. The Bertz CT molecular complexity index is 3100. The van der Waals surface area contributed by atoms with Crippen molar-refractivity contribution in [1.29, 1.82) is 0 Å². The molecule has 10 aromatic rings. The number of anilines is 3. The molecular formula is C55H39N. The van der Waals surface area contributed by atoms with Crippen LogP contribution in [0.1, 0.15) is 16.7 Å². The molecular weight excluding hydrogens is 675 g/mol. The number of benzene rings is 10. The van der Waals surface area contributed by atoms with E-state index in [9.17, 15) is 0 Å². The predicted molar refractivity (Wildman–Crippen MR) is 240 cm³/mol. The van der Waals surface area contributed by atoms with Crippen LogP contribution in [-0.4, -0.2) is 0 Å². The summed E-state index contributed by atoms with van der Waals surface area (Å²) in [5.41, 5.74) is 15.1. The van der Waals surface area contributed by atoms with Crippen LogP contribution in [0.2, 0.25) is 0 Å². The highest BCUT2D eigenvalue weighted by Crippen LogP contribution is 2.50. The predicted octanol–water partition coefficient (Wildman–Crippen LogP) is 15.2. The van der Waals surface area contributed by atoms with E-state index >= 15 is 0 Å². The smallest absolute Gasteiger partial charge is 0.0540 e. The van der Waals surface area contributed by atoms with Crippen molar-refractivity contribution in [2.75, 3.05) is 4.90 Å². The van der Waals surface area contributed by atoms with E-state index in [1.54, 1.807) is 0 Å². The maximum Gasteiger partial charge on any atom is 0.0540 e. The number of fused-ring (bicyclic) bond motifs is 6. The van der Waals surface area contributed by atoms with Crippen LogP contribution in [0.4, 0.5) is 17.1 Å². The summed E-state index contributed by atoms with van der Waals surface area (Å²) in [7, 11) is 0. The first-order valence-electron chi connectivity index (χ1n) is 19.7. The van der Waals surface area contributed by atoms with Crippen LogP contribution < -0.4 is 4.90 Å². The van der Waals surface area contributed by atoms with E-state index in [0.29, 0.717) is 0 Å². The van der Waals surface area contributed by atoms with Crippen molar-refractivity contribution in [3.8, 4) is 33.4 Å². The number of hydrogen-bond acceptors (Lipinski definition) is 1. The van der Waals surface area contributed by atoms with Crippen LogP contribution in [-0.2, 0) is 12.8 Å². The van der Waals surface area contributed by atoms with E-state index in [1.807, 2.05) is 0 Å². The van der Waals surface area contributed by atoms with Gasteiger partial charge in [-0.25, -0.2) is 0 Å². The van der Waals surface area contributed by atoms with Crippen LogP contribution in [0.3, 0.4) is 0 Å². The van der Waals surface area contributed by atoms with Crippen LogP contribution in [0, 0.1) is 6.92 Å². The molecule has 0 aliphatic heterocycles. The summed E-state index contributed by atoms with van der Waals surface area (Å²) in [6.07, 6.45) is 2.21. The molecule has 0 aromatic heterocycles. The Morgan fingerprint density at radius 2 is 0.929 bits per heavy atom. The number of hydrogen-bond donors (Lipinski definition) is 0. The Hall–Kier alpha value is -6.96. The number of nitrogens with zero attached hydrogens (tertiary/aromatic N) is 1. The number of aryl methyl sites for hydroxylation is 3. The summed E-state index contributed by atoms with van der Waals surface area (Å²) in [5.74, 6) is 0. The van der Waals surface area contributed by atoms with E-state index in [-0.39, 0.29) is 0 Å². The molecule has 0 fully saturated rings. The Morgan fingerprint density at radius 1 is 0.357 bits per heavy atom. The fourth-order valence-corrected chi connectivity index (χ4v) is 9.42. The highest BCUT2D eigenvalue weighted by Gasteiger charge is 2.24. The Balaban J connectivity index is 1.29. The minimum absolute atomic E-state index is 1.11. The third-order valence-corrected chi connectivity index (χ3v) is 12.0. The normalized spacial score (nSPS) is 12.2. The molecule has 1 heteroatoms. The first-order chi connectivity index (χ1) is 27.7. The average molecular weight is 714 g/mol.